The number of carboxylic acid groups (broad SMARTS) is 1. The summed E-state index contributed by atoms with van der Waals surface area (Å²) in [7, 11) is 0. The molecular weight excluding hydrogens is 270 g/mol. The van der Waals surface area contributed by atoms with E-state index in [9.17, 15) is 14.7 Å². The smallest absolute Gasteiger partial charge is 0.320 e. The molecule has 6 heteroatoms. The molecule has 0 aromatic heterocycles. The van der Waals surface area contributed by atoms with Crippen LogP contribution in [-0.2, 0) is 4.79 Å². The van der Waals surface area contributed by atoms with Crippen molar-refractivity contribution < 1.29 is 14.7 Å². The maximum atomic E-state index is 12.6. The average Bonchev–Trinajstić information content (AvgIpc) is 2.84. The van der Waals surface area contributed by atoms with E-state index in [-0.39, 0.29) is 31.0 Å². The Hall–Kier alpha value is -1.77. The highest BCUT2D eigenvalue weighted by atomic mass is 16.4. The number of nitrogens with zero attached hydrogens (tertiary/aromatic N) is 3. The zero-order valence-electron chi connectivity index (χ0n) is 13.3. The van der Waals surface area contributed by atoms with Crippen molar-refractivity contribution in [3.63, 3.8) is 0 Å². The van der Waals surface area contributed by atoms with Gasteiger partial charge in [-0.15, -0.1) is 0 Å². The lowest BCUT2D eigenvalue weighted by atomic mass is 9.76. The number of carbonyl (C=O) groups excluding carboxylic acids is 1. The van der Waals surface area contributed by atoms with Gasteiger partial charge in [-0.25, -0.2) is 4.79 Å². The Morgan fingerprint density at radius 3 is 2.38 bits per heavy atom. The first-order chi connectivity index (χ1) is 9.76. The fraction of sp³-hybridized carbons (Fsp3) is 0.800. The molecule has 1 heterocycles. The first-order valence-corrected chi connectivity index (χ1v) is 7.42. The predicted octanol–water partition coefficient (Wildman–Crippen LogP) is 2.16. The van der Waals surface area contributed by atoms with Crippen LogP contribution in [-0.4, -0.2) is 52.6 Å². The predicted molar refractivity (Wildman–Crippen MR) is 78.6 cm³/mol. The molecule has 118 valence electrons. The van der Waals surface area contributed by atoms with Crippen LogP contribution in [0.5, 0.6) is 0 Å². The van der Waals surface area contributed by atoms with Crippen LogP contribution in [0.25, 0.3) is 0 Å². The summed E-state index contributed by atoms with van der Waals surface area (Å²) >= 11 is 0. The molecule has 0 aromatic rings. The SMILES string of the molecule is CC(C)N(CCC#N)C(=O)N1CCC(C(=O)O)(C(C)C)C1. The van der Waals surface area contributed by atoms with Gasteiger partial charge in [-0.05, 0) is 26.2 Å². The van der Waals surface area contributed by atoms with Crippen LogP contribution in [0.3, 0.4) is 0 Å². The number of likely N-dealkylation sites (tertiary alicyclic amines) is 1. The normalized spacial score (nSPS) is 21.7. The van der Waals surface area contributed by atoms with E-state index in [1.807, 2.05) is 33.8 Å². The third-order valence-corrected chi connectivity index (χ3v) is 4.44. The number of aliphatic carboxylic acids is 1. The molecule has 0 aromatic carbocycles. The van der Waals surface area contributed by atoms with Gasteiger partial charge in [0.05, 0.1) is 17.9 Å². The molecule has 0 bridgehead atoms. The Bertz CT molecular complexity index is 442. The minimum atomic E-state index is -0.854. The van der Waals surface area contributed by atoms with E-state index in [4.69, 9.17) is 5.26 Å². The van der Waals surface area contributed by atoms with E-state index in [2.05, 4.69) is 0 Å². The first-order valence-electron chi connectivity index (χ1n) is 7.42. The molecular formula is C15H25N3O3. The molecule has 1 saturated heterocycles. The highest BCUT2D eigenvalue weighted by Gasteiger charge is 2.49. The van der Waals surface area contributed by atoms with Gasteiger partial charge in [-0.3, -0.25) is 4.79 Å². The van der Waals surface area contributed by atoms with E-state index >= 15 is 0 Å². The van der Waals surface area contributed by atoms with Crippen molar-refractivity contribution in [3.8, 4) is 6.07 Å². The lowest BCUT2D eigenvalue weighted by Gasteiger charge is -2.33. The number of carbonyl (C=O) groups is 2. The molecule has 1 atom stereocenters. The largest absolute Gasteiger partial charge is 0.481 e. The summed E-state index contributed by atoms with van der Waals surface area (Å²) in [6.45, 7) is 8.66. The van der Waals surface area contributed by atoms with Crippen LogP contribution in [0.4, 0.5) is 4.79 Å². The number of rotatable bonds is 5. The van der Waals surface area contributed by atoms with Gasteiger partial charge < -0.3 is 14.9 Å². The number of nitriles is 1. The van der Waals surface area contributed by atoms with Crippen LogP contribution in [0.2, 0.25) is 0 Å². The van der Waals surface area contributed by atoms with Gasteiger partial charge in [0.2, 0.25) is 0 Å². The molecule has 6 nitrogen and oxygen atoms in total. The van der Waals surface area contributed by atoms with Gasteiger partial charge in [-0.1, -0.05) is 13.8 Å². The lowest BCUT2D eigenvalue weighted by Crippen LogP contribution is -2.48. The first kappa shape index (κ1) is 17.3. The zero-order valence-corrected chi connectivity index (χ0v) is 13.3. The minimum absolute atomic E-state index is 0.00951. The Labute approximate surface area is 126 Å². The average molecular weight is 295 g/mol. The Kier molecular flexibility index (Phi) is 5.59. The van der Waals surface area contributed by atoms with Crippen molar-refractivity contribution in [2.24, 2.45) is 11.3 Å². The van der Waals surface area contributed by atoms with Gasteiger partial charge in [-0.2, -0.15) is 5.26 Å². The highest BCUT2D eigenvalue weighted by Crippen LogP contribution is 2.38. The van der Waals surface area contributed by atoms with Gasteiger partial charge in [0.25, 0.3) is 0 Å². The Balaban J connectivity index is 2.85. The Morgan fingerprint density at radius 2 is 2.00 bits per heavy atom. The van der Waals surface area contributed by atoms with Gasteiger partial charge in [0, 0.05) is 25.7 Å². The van der Waals surface area contributed by atoms with Crippen molar-refractivity contribution in [2.75, 3.05) is 19.6 Å². The van der Waals surface area contributed by atoms with Crippen molar-refractivity contribution in [3.05, 3.63) is 0 Å². The van der Waals surface area contributed by atoms with E-state index in [0.717, 1.165) is 0 Å². The summed E-state index contributed by atoms with van der Waals surface area (Å²) in [5.74, 6) is -0.861. The topological polar surface area (TPSA) is 84.6 Å². The molecule has 0 radical (unpaired) electrons. The molecule has 1 aliphatic heterocycles. The second-order valence-corrected chi connectivity index (χ2v) is 6.27. The van der Waals surface area contributed by atoms with Crippen molar-refractivity contribution in [2.45, 2.75) is 46.6 Å². The molecule has 21 heavy (non-hydrogen) atoms. The van der Waals surface area contributed by atoms with E-state index in [1.54, 1.807) is 9.80 Å². The molecule has 2 amide bonds. The Morgan fingerprint density at radius 1 is 1.38 bits per heavy atom. The third-order valence-electron chi connectivity index (χ3n) is 4.44. The summed E-state index contributed by atoms with van der Waals surface area (Å²) in [5, 5.41) is 18.2. The van der Waals surface area contributed by atoms with Crippen molar-refractivity contribution >= 4 is 12.0 Å². The van der Waals surface area contributed by atoms with Crippen LogP contribution in [0, 0.1) is 22.7 Å². The third kappa shape index (κ3) is 3.46. The van der Waals surface area contributed by atoms with Gasteiger partial charge in [0.15, 0.2) is 0 Å². The molecule has 1 aliphatic rings. The molecule has 1 N–H and O–H groups in total. The number of urea groups is 1. The fourth-order valence-corrected chi connectivity index (χ4v) is 2.82. The number of hydrogen-bond donors (Lipinski definition) is 1. The maximum Gasteiger partial charge on any atom is 0.320 e. The second kappa shape index (κ2) is 6.79. The second-order valence-electron chi connectivity index (χ2n) is 6.27. The monoisotopic (exact) mass is 295 g/mol. The van der Waals surface area contributed by atoms with E-state index in [1.165, 1.54) is 0 Å². The number of amides is 2. The maximum absolute atomic E-state index is 12.6. The van der Waals surface area contributed by atoms with Crippen LogP contribution in [0.1, 0.15) is 40.5 Å². The quantitative estimate of drug-likeness (QED) is 0.842. The lowest BCUT2D eigenvalue weighted by molar-refractivity contribution is -0.150. The fourth-order valence-electron chi connectivity index (χ4n) is 2.82. The summed E-state index contributed by atoms with van der Waals surface area (Å²) in [5.41, 5.74) is -0.854. The molecule has 1 rings (SSSR count). The minimum Gasteiger partial charge on any atom is -0.481 e. The summed E-state index contributed by atoms with van der Waals surface area (Å²) in [6.07, 6.45) is 0.766. The number of hydrogen-bond acceptors (Lipinski definition) is 3. The van der Waals surface area contributed by atoms with Crippen molar-refractivity contribution in [1.82, 2.24) is 9.80 Å². The standard InChI is InChI=1S/C15H25N3O3/c1-11(2)15(13(19)20)6-9-17(10-15)14(21)18(12(3)4)8-5-7-16/h11-12H,5-6,8-10H2,1-4H3,(H,19,20). The van der Waals surface area contributed by atoms with Crippen LogP contribution >= 0.6 is 0 Å². The van der Waals surface area contributed by atoms with Gasteiger partial charge >= 0.3 is 12.0 Å². The van der Waals surface area contributed by atoms with E-state index < -0.39 is 11.4 Å². The highest BCUT2D eigenvalue weighted by molar-refractivity contribution is 5.80. The summed E-state index contributed by atoms with van der Waals surface area (Å²) in [4.78, 5) is 27.4. The molecule has 1 unspecified atom stereocenters. The zero-order chi connectivity index (χ0) is 16.2. The molecule has 0 saturated carbocycles. The molecule has 0 aliphatic carbocycles. The van der Waals surface area contributed by atoms with Crippen molar-refractivity contribution in [1.29, 1.82) is 5.26 Å². The van der Waals surface area contributed by atoms with Crippen LogP contribution in [0.15, 0.2) is 0 Å². The molecule has 0 spiro atoms. The molecule has 1 fully saturated rings. The van der Waals surface area contributed by atoms with Crippen LogP contribution < -0.4 is 0 Å². The summed E-state index contributed by atoms with van der Waals surface area (Å²) < 4.78 is 0. The number of carboxylic acids is 1. The van der Waals surface area contributed by atoms with E-state index in [0.29, 0.717) is 19.5 Å². The van der Waals surface area contributed by atoms with Gasteiger partial charge in [0.1, 0.15) is 0 Å². The summed E-state index contributed by atoms with van der Waals surface area (Å²) in [6, 6.07) is 1.87.